The number of ether oxygens (including phenoxy) is 1. The summed E-state index contributed by atoms with van der Waals surface area (Å²) in [5, 5.41) is 11.2. The average Bonchev–Trinajstić information content (AvgIpc) is 3.34. The van der Waals surface area contributed by atoms with Gasteiger partial charge in [-0.25, -0.2) is 9.18 Å². The minimum atomic E-state index is -1.26. The summed E-state index contributed by atoms with van der Waals surface area (Å²) in [4.78, 5) is 12.4. The summed E-state index contributed by atoms with van der Waals surface area (Å²) in [6, 6.07) is 14.6. The van der Waals surface area contributed by atoms with Gasteiger partial charge in [-0.2, -0.15) is 0 Å². The fraction of sp³-hybridized carbons (Fsp3) is 0.393. The Morgan fingerprint density at radius 3 is 2.64 bits per heavy atom. The van der Waals surface area contributed by atoms with Crippen LogP contribution in [0.1, 0.15) is 77.4 Å². The van der Waals surface area contributed by atoms with Crippen molar-refractivity contribution in [2.75, 3.05) is 0 Å². The molecule has 174 valence electrons. The predicted octanol–water partition coefficient (Wildman–Crippen LogP) is 8.18. The molecule has 2 aromatic carbocycles. The van der Waals surface area contributed by atoms with Crippen LogP contribution in [0, 0.1) is 18.7 Å². The van der Waals surface area contributed by atoms with Crippen molar-refractivity contribution < 1.29 is 19.0 Å². The number of carboxylic acids is 1. The van der Waals surface area contributed by atoms with E-state index in [9.17, 15) is 9.18 Å². The van der Waals surface area contributed by atoms with E-state index in [1.165, 1.54) is 55.5 Å². The number of aromatic carboxylic acids is 1. The monoisotopic (exact) mass is 466 g/mol. The summed E-state index contributed by atoms with van der Waals surface area (Å²) in [6.45, 7) is 2.52. The van der Waals surface area contributed by atoms with E-state index in [4.69, 9.17) is 9.84 Å². The maximum absolute atomic E-state index is 14.1. The SMILES string of the molecule is Cc1cc(COC(CCC2CCCCC2)c2cccs2)ccc1-c1ccc(C(=O)O)c(F)c1. The molecule has 1 saturated carbocycles. The van der Waals surface area contributed by atoms with E-state index in [-0.39, 0.29) is 11.7 Å². The number of aryl methyl sites for hydroxylation is 1. The van der Waals surface area contributed by atoms with Crippen LogP contribution in [0.2, 0.25) is 0 Å². The first-order valence-corrected chi connectivity index (χ1v) is 12.7. The molecule has 3 aromatic rings. The van der Waals surface area contributed by atoms with Crippen molar-refractivity contribution in [3.05, 3.63) is 81.3 Å². The smallest absolute Gasteiger partial charge is 0.338 e. The van der Waals surface area contributed by atoms with Gasteiger partial charge in [-0.3, -0.25) is 0 Å². The van der Waals surface area contributed by atoms with E-state index in [0.29, 0.717) is 12.2 Å². The van der Waals surface area contributed by atoms with Gasteiger partial charge >= 0.3 is 5.97 Å². The zero-order valence-corrected chi connectivity index (χ0v) is 19.9. The molecule has 1 fully saturated rings. The predicted molar refractivity (Wildman–Crippen MR) is 131 cm³/mol. The van der Waals surface area contributed by atoms with Gasteiger partial charge < -0.3 is 9.84 Å². The van der Waals surface area contributed by atoms with Gasteiger partial charge in [0.1, 0.15) is 5.82 Å². The molecule has 4 rings (SSSR count). The van der Waals surface area contributed by atoms with Crippen LogP contribution in [0.5, 0.6) is 0 Å². The Labute approximate surface area is 199 Å². The second-order valence-electron chi connectivity index (χ2n) is 9.05. The number of rotatable bonds is 9. The minimum Gasteiger partial charge on any atom is -0.478 e. The highest BCUT2D eigenvalue weighted by Crippen LogP contribution is 2.34. The van der Waals surface area contributed by atoms with Gasteiger partial charge in [0.2, 0.25) is 0 Å². The molecular formula is C28H31FO3S. The van der Waals surface area contributed by atoms with Crippen LogP contribution in [0.25, 0.3) is 11.1 Å². The molecule has 3 nitrogen and oxygen atoms in total. The topological polar surface area (TPSA) is 46.5 Å². The van der Waals surface area contributed by atoms with Crippen LogP contribution in [0.4, 0.5) is 4.39 Å². The summed E-state index contributed by atoms with van der Waals surface area (Å²) in [5.41, 5.74) is 3.34. The number of hydrogen-bond donors (Lipinski definition) is 1. The summed E-state index contributed by atoms with van der Waals surface area (Å²) in [6.07, 6.45) is 9.21. The van der Waals surface area contributed by atoms with Gasteiger partial charge in [0.25, 0.3) is 0 Å². The van der Waals surface area contributed by atoms with Gasteiger partial charge in [0.05, 0.1) is 18.3 Å². The zero-order chi connectivity index (χ0) is 23.2. The lowest BCUT2D eigenvalue weighted by atomic mass is 9.85. The molecule has 1 atom stereocenters. The fourth-order valence-corrected chi connectivity index (χ4v) is 5.65. The van der Waals surface area contributed by atoms with E-state index < -0.39 is 11.8 Å². The Hall–Kier alpha value is -2.50. The first-order valence-electron chi connectivity index (χ1n) is 11.8. The number of thiophene rings is 1. The average molecular weight is 467 g/mol. The number of benzene rings is 2. The van der Waals surface area contributed by atoms with Crippen molar-refractivity contribution in [3.8, 4) is 11.1 Å². The van der Waals surface area contributed by atoms with E-state index in [2.05, 4.69) is 23.6 Å². The highest BCUT2D eigenvalue weighted by Gasteiger charge is 2.19. The molecule has 1 heterocycles. The first kappa shape index (κ1) is 23.7. The lowest BCUT2D eigenvalue weighted by Gasteiger charge is -2.24. The maximum Gasteiger partial charge on any atom is 0.338 e. The molecule has 0 spiro atoms. The maximum atomic E-state index is 14.1. The quantitative estimate of drug-likeness (QED) is 0.346. The standard InChI is InChI=1S/C28H31FO3S/c1-19-16-21(9-12-23(19)22-11-13-24(28(30)31)25(29)17-22)18-32-26(27-8-5-15-33-27)14-10-20-6-3-2-4-7-20/h5,8-9,11-13,15-17,20,26H,2-4,6-7,10,14,18H2,1H3,(H,30,31). The molecule has 5 heteroatoms. The van der Waals surface area contributed by atoms with Gasteiger partial charge in [0, 0.05) is 4.88 Å². The van der Waals surface area contributed by atoms with Crippen molar-refractivity contribution >= 4 is 17.3 Å². The number of carbonyl (C=O) groups is 1. The number of hydrogen-bond acceptors (Lipinski definition) is 3. The molecule has 1 aliphatic carbocycles. The van der Waals surface area contributed by atoms with Gasteiger partial charge in [-0.1, -0.05) is 62.4 Å². The molecular weight excluding hydrogens is 435 g/mol. The fourth-order valence-electron chi connectivity index (χ4n) is 4.84. The van der Waals surface area contributed by atoms with Gasteiger partial charge in [0.15, 0.2) is 0 Å². The van der Waals surface area contributed by atoms with Crippen molar-refractivity contribution in [1.29, 1.82) is 0 Å². The minimum absolute atomic E-state index is 0.115. The summed E-state index contributed by atoms with van der Waals surface area (Å²) in [7, 11) is 0. The third-order valence-electron chi connectivity index (χ3n) is 6.67. The Balaban J connectivity index is 1.42. The first-order chi connectivity index (χ1) is 16.0. The lowest BCUT2D eigenvalue weighted by molar-refractivity contribution is 0.0307. The van der Waals surface area contributed by atoms with E-state index in [1.54, 1.807) is 17.4 Å². The van der Waals surface area contributed by atoms with Crippen molar-refractivity contribution in [1.82, 2.24) is 0 Å². The molecule has 0 amide bonds. The van der Waals surface area contributed by atoms with Gasteiger partial charge in [-0.05, 0) is 71.5 Å². The Morgan fingerprint density at radius 1 is 1.15 bits per heavy atom. The van der Waals surface area contributed by atoms with Crippen molar-refractivity contribution in [2.45, 2.75) is 64.6 Å². The van der Waals surface area contributed by atoms with E-state index in [0.717, 1.165) is 29.0 Å². The van der Waals surface area contributed by atoms with E-state index in [1.807, 2.05) is 19.1 Å². The van der Waals surface area contributed by atoms with Crippen LogP contribution < -0.4 is 0 Å². The Bertz CT molecular complexity index is 1070. The molecule has 1 aliphatic rings. The molecule has 1 N–H and O–H groups in total. The second kappa shape index (κ2) is 11.1. The molecule has 1 aromatic heterocycles. The third-order valence-corrected chi connectivity index (χ3v) is 7.64. The van der Waals surface area contributed by atoms with Crippen molar-refractivity contribution in [2.24, 2.45) is 5.92 Å². The van der Waals surface area contributed by atoms with Crippen LogP contribution in [-0.2, 0) is 11.3 Å². The number of carboxylic acid groups (broad SMARTS) is 1. The Kier molecular flexibility index (Phi) is 7.94. The summed E-state index contributed by atoms with van der Waals surface area (Å²) < 4.78 is 20.6. The van der Waals surface area contributed by atoms with Crippen LogP contribution in [0.15, 0.2) is 53.9 Å². The zero-order valence-electron chi connectivity index (χ0n) is 19.1. The van der Waals surface area contributed by atoms with Crippen LogP contribution in [-0.4, -0.2) is 11.1 Å². The summed E-state index contributed by atoms with van der Waals surface area (Å²) >= 11 is 1.76. The Morgan fingerprint density at radius 2 is 1.97 bits per heavy atom. The highest BCUT2D eigenvalue weighted by atomic mass is 32.1. The molecule has 0 saturated heterocycles. The van der Waals surface area contributed by atoms with Gasteiger partial charge in [-0.15, -0.1) is 11.3 Å². The third kappa shape index (κ3) is 6.10. The molecule has 0 radical (unpaired) electrons. The lowest BCUT2D eigenvalue weighted by Crippen LogP contribution is -2.10. The highest BCUT2D eigenvalue weighted by molar-refractivity contribution is 7.10. The number of halogens is 1. The van der Waals surface area contributed by atoms with Crippen LogP contribution >= 0.6 is 11.3 Å². The van der Waals surface area contributed by atoms with Crippen LogP contribution in [0.3, 0.4) is 0 Å². The normalized spacial score (nSPS) is 15.5. The molecule has 1 unspecified atom stereocenters. The van der Waals surface area contributed by atoms with E-state index >= 15 is 0 Å². The molecule has 33 heavy (non-hydrogen) atoms. The molecule has 0 bridgehead atoms. The second-order valence-corrected chi connectivity index (χ2v) is 10.0. The largest absolute Gasteiger partial charge is 0.478 e. The summed E-state index contributed by atoms with van der Waals surface area (Å²) in [5.74, 6) is -1.14. The molecule has 0 aliphatic heterocycles. The van der Waals surface area contributed by atoms with Crippen molar-refractivity contribution in [3.63, 3.8) is 0 Å².